The molecule has 3 aromatic rings. The molecule has 0 atom stereocenters. The second-order valence-corrected chi connectivity index (χ2v) is 5.71. The van der Waals surface area contributed by atoms with E-state index in [-0.39, 0.29) is 11.8 Å². The maximum atomic E-state index is 12.6. The van der Waals surface area contributed by atoms with Gasteiger partial charge in [-0.1, -0.05) is 32.0 Å². The number of aryl methyl sites for hydroxylation is 1. The number of carbonyl (C=O) groups is 1. The first kappa shape index (κ1) is 15.0. The van der Waals surface area contributed by atoms with E-state index in [1.54, 1.807) is 28.8 Å². The normalized spacial score (nSPS) is 11.0. The molecule has 0 aliphatic rings. The van der Waals surface area contributed by atoms with Crippen LogP contribution in [0.1, 0.15) is 35.9 Å². The Morgan fingerprint density at radius 3 is 2.57 bits per heavy atom. The summed E-state index contributed by atoms with van der Waals surface area (Å²) in [5.74, 6) is 0.0335. The van der Waals surface area contributed by atoms with E-state index in [1.807, 2.05) is 36.4 Å². The highest BCUT2D eigenvalue weighted by Gasteiger charge is 2.18. The summed E-state index contributed by atoms with van der Waals surface area (Å²) < 4.78 is 3.32. The number of hydrogen-bond donors (Lipinski definition) is 1. The van der Waals surface area contributed by atoms with Crippen LogP contribution in [0.5, 0.6) is 0 Å². The van der Waals surface area contributed by atoms with Crippen LogP contribution in [0.25, 0.3) is 5.69 Å². The predicted octanol–water partition coefficient (Wildman–Crippen LogP) is 2.98. The molecule has 2 heterocycles. The van der Waals surface area contributed by atoms with E-state index in [4.69, 9.17) is 0 Å². The van der Waals surface area contributed by atoms with Crippen molar-refractivity contribution in [1.82, 2.24) is 19.6 Å². The van der Waals surface area contributed by atoms with Gasteiger partial charge >= 0.3 is 0 Å². The highest BCUT2D eigenvalue weighted by Crippen LogP contribution is 2.19. The van der Waals surface area contributed by atoms with Crippen LogP contribution in [-0.4, -0.2) is 25.5 Å². The summed E-state index contributed by atoms with van der Waals surface area (Å²) in [6.45, 7) is 4.11. The molecule has 118 valence electrons. The van der Waals surface area contributed by atoms with Gasteiger partial charge in [-0.25, -0.2) is 4.68 Å². The van der Waals surface area contributed by atoms with E-state index in [1.165, 1.54) is 0 Å². The van der Waals surface area contributed by atoms with Gasteiger partial charge in [0.2, 0.25) is 0 Å². The van der Waals surface area contributed by atoms with Crippen molar-refractivity contribution in [1.29, 1.82) is 0 Å². The van der Waals surface area contributed by atoms with Gasteiger partial charge in [-0.05, 0) is 24.1 Å². The fourth-order valence-corrected chi connectivity index (χ4v) is 2.29. The van der Waals surface area contributed by atoms with Gasteiger partial charge in [-0.2, -0.15) is 10.2 Å². The van der Waals surface area contributed by atoms with Gasteiger partial charge in [0, 0.05) is 13.2 Å². The van der Waals surface area contributed by atoms with Crippen molar-refractivity contribution in [3.63, 3.8) is 0 Å². The average molecular weight is 309 g/mol. The van der Waals surface area contributed by atoms with Gasteiger partial charge in [0.15, 0.2) is 0 Å². The van der Waals surface area contributed by atoms with Gasteiger partial charge in [0.1, 0.15) is 5.69 Å². The van der Waals surface area contributed by atoms with Crippen molar-refractivity contribution in [3.8, 4) is 5.69 Å². The van der Waals surface area contributed by atoms with Crippen molar-refractivity contribution in [2.45, 2.75) is 19.8 Å². The fraction of sp³-hybridized carbons (Fsp3) is 0.235. The third kappa shape index (κ3) is 3.15. The molecule has 2 aromatic heterocycles. The van der Waals surface area contributed by atoms with Crippen LogP contribution in [0.2, 0.25) is 0 Å². The number of rotatable bonds is 4. The number of anilines is 1. The van der Waals surface area contributed by atoms with Crippen LogP contribution in [0, 0.1) is 0 Å². The lowest BCUT2D eigenvalue weighted by Gasteiger charge is -2.07. The number of carbonyl (C=O) groups excluding carboxylic acids is 1. The Hall–Kier alpha value is -2.89. The second-order valence-electron chi connectivity index (χ2n) is 5.71. The molecule has 6 nitrogen and oxygen atoms in total. The zero-order chi connectivity index (χ0) is 16.4. The number of nitrogens with zero attached hydrogens (tertiary/aromatic N) is 4. The van der Waals surface area contributed by atoms with E-state index < -0.39 is 0 Å². The molecule has 0 aliphatic carbocycles. The standard InChI is InChI=1S/C17H19N5O/c1-12(2)15-9-16(17(23)19-13-10-18-21(3)11-13)22(20-15)14-7-5-4-6-8-14/h4-12H,1-3H3,(H,19,23). The van der Waals surface area contributed by atoms with Crippen LogP contribution in [0.15, 0.2) is 48.8 Å². The minimum Gasteiger partial charge on any atom is -0.318 e. The summed E-state index contributed by atoms with van der Waals surface area (Å²) in [5, 5.41) is 11.5. The molecule has 0 saturated carbocycles. The highest BCUT2D eigenvalue weighted by molar-refractivity contribution is 6.03. The fourth-order valence-electron chi connectivity index (χ4n) is 2.29. The van der Waals surface area contributed by atoms with E-state index in [2.05, 4.69) is 29.4 Å². The van der Waals surface area contributed by atoms with Crippen LogP contribution in [0.4, 0.5) is 5.69 Å². The zero-order valence-electron chi connectivity index (χ0n) is 13.4. The van der Waals surface area contributed by atoms with Gasteiger partial charge in [-0.15, -0.1) is 0 Å². The summed E-state index contributed by atoms with van der Waals surface area (Å²) in [6, 6.07) is 11.5. The average Bonchev–Trinajstić information content (AvgIpc) is 3.15. The lowest BCUT2D eigenvalue weighted by Crippen LogP contribution is -2.16. The van der Waals surface area contributed by atoms with Gasteiger partial charge < -0.3 is 5.32 Å². The molecular formula is C17H19N5O. The van der Waals surface area contributed by atoms with E-state index in [0.717, 1.165) is 11.4 Å². The topological polar surface area (TPSA) is 64.7 Å². The van der Waals surface area contributed by atoms with E-state index >= 15 is 0 Å². The third-order valence-electron chi connectivity index (χ3n) is 3.52. The Bertz CT molecular complexity index is 817. The van der Waals surface area contributed by atoms with Crippen molar-refractivity contribution >= 4 is 11.6 Å². The molecule has 0 aliphatic heterocycles. The molecule has 6 heteroatoms. The van der Waals surface area contributed by atoms with E-state index in [9.17, 15) is 4.79 Å². The minimum absolute atomic E-state index is 0.207. The van der Waals surface area contributed by atoms with Gasteiger partial charge in [0.05, 0.1) is 23.3 Å². The molecule has 3 rings (SSSR count). The number of benzene rings is 1. The predicted molar refractivity (Wildman–Crippen MR) is 88.8 cm³/mol. The van der Waals surface area contributed by atoms with Gasteiger partial charge in [-0.3, -0.25) is 9.48 Å². The first-order valence-corrected chi connectivity index (χ1v) is 7.50. The Labute approximate surface area is 134 Å². The maximum absolute atomic E-state index is 12.6. The summed E-state index contributed by atoms with van der Waals surface area (Å²) in [7, 11) is 1.81. The smallest absolute Gasteiger partial charge is 0.274 e. The van der Waals surface area contributed by atoms with Crippen molar-refractivity contribution < 1.29 is 4.79 Å². The minimum atomic E-state index is -0.207. The lowest BCUT2D eigenvalue weighted by atomic mass is 10.1. The summed E-state index contributed by atoms with van der Waals surface area (Å²) in [5.41, 5.74) is 2.90. The number of aromatic nitrogens is 4. The molecule has 0 spiro atoms. The SMILES string of the molecule is CC(C)c1cc(C(=O)Nc2cnn(C)c2)n(-c2ccccc2)n1. The zero-order valence-corrected chi connectivity index (χ0v) is 13.4. The number of para-hydroxylation sites is 1. The quantitative estimate of drug-likeness (QED) is 0.806. The Kier molecular flexibility index (Phi) is 3.97. The summed E-state index contributed by atoms with van der Waals surface area (Å²) in [6.07, 6.45) is 3.37. The summed E-state index contributed by atoms with van der Waals surface area (Å²) >= 11 is 0. The lowest BCUT2D eigenvalue weighted by molar-refractivity contribution is 0.101. The Morgan fingerprint density at radius 2 is 1.96 bits per heavy atom. The van der Waals surface area contributed by atoms with Crippen LogP contribution in [0.3, 0.4) is 0 Å². The van der Waals surface area contributed by atoms with Crippen molar-refractivity contribution in [2.24, 2.45) is 7.05 Å². The summed E-state index contributed by atoms with van der Waals surface area (Å²) in [4.78, 5) is 12.6. The highest BCUT2D eigenvalue weighted by atomic mass is 16.2. The van der Waals surface area contributed by atoms with Crippen molar-refractivity contribution in [3.05, 3.63) is 60.2 Å². The monoisotopic (exact) mass is 309 g/mol. The molecule has 0 bridgehead atoms. The number of hydrogen-bond acceptors (Lipinski definition) is 3. The van der Waals surface area contributed by atoms with Crippen LogP contribution in [-0.2, 0) is 7.05 Å². The Balaban J connectivity index is 1.98. The molecule has 0 saturated heterocycles. The molecule has 1 N–H and O–H groups in total. The first-order valence-electron chi connectivity index (χ1n) is 7.50. The molecule has 0 radical (unpaired) electrons. The molecule has 1 amide bonds. The molecular weight excluding hydrogens is 290 g/mol. The Morgan fingerprint density at radius 1 is 1.22 bits per heavy atom. The third-order valence-corrected chi connectivity index (χ3v) is 3.52. The first-order chi connectivity index (χ1) is 11.0. The number of nitrogens with one attached hydrogen (secondary N) is 1. The van der Waals surface area contributed by atoms with Gasteiger partial charge in [0.25, 0.3) is 5.91 Å². The molecule has 23 heavy (non-hydrogen) atoms. The largest absolute Gasteiger partial charge is 0.318 e. The number of amides is 1. The van der Waals surface area contributed by atoms with Crippen LogP contribution >= 0.6 is 0 Å². The molecule has 1 aromatic carbocycles. The van der Waals surface area contributed by atoms with E-state index in [0.29, 0.717) is 11.4 Å². The molecule has 0 fully saturated rings. The second kappa shape index (κ2) is 6.08. The molecule has 0 unspecified atom stereocenters. The van der Waals surface area contributed by atoms with Crippen LogP contribution < -0.4 is 5.32 Å². The maximum Gasteiger partial charge on any atom is 0.274 e. The van der Waals surface area contributed by atoms with Crippen molar-refractivity contribution in [2.75, 3.05) is 5.32 Å².